The Kier molecular flexibility index (Phi) is 7.72. The molecule has 0 rings (SSSR count). The van der Waals surface area contributed by atoms with Crippen molar-refractivity contribution in [2.24, 2.45) is 22.7 Å². The molecule has 112 valence electrons. The monoisotopic (exact) mass is 265 g/mol. The molecule has 1 nitrogen and oxygen atoms in total. The first-order valence-electron chi connectivity index (χ1n) is 8.17. The standard InChI is InChI=1S/C18H35N/c1-8-12-18(10-3,16(9-2)14-19)13-11-15(4)17(5,6)7/h15-16H,8-13H2,1-7H3. The molecule has 19 heavy (non-hydrogen) atoms. The Hall–Kier alpha value is -0.510. The van der Waals surface area contributed by atoms with E-state index in [1.54, 1.807) is 0 Å². The van der Waals surface area contributed by atoms with Gasteiger partial charge in [0.2, 0.25) is 0 Å². The molecular weight excluding hydrogens is 230 g/mol. The summed E-state index contributed by atoms with van der Waals surface area (Å²) in [6, 6.07) is 2.59. The van der Waals surface area contributed by atoms with E-state index in [4.69, 9.17) is 0 Å². The van der Waals surface area contributed by atoms with E-state index < -0.39 is 0 Å². The van der Waals surface area contributed by atoms with Gasteiger partial charge in [0.1, 0.15) is 0 Å². The second-order valence-electron chi connectivity index (χ2n) is 7.36. The Morgan fingerprint density at radius 1 is 1.05 bits per heavy atom. The van der Waals surface area contributed by atoms with Gasteiger partial charge in [-0.15, -0.1) is 0 Å². The average molecular weight is 265 g/mol. The minimum absolute atomic E-state index is 0.226. The summed E-state index contributed by atoms with van der Waals surface area (Å²) in [7, 11) is 0. The Bertz CT molecular complexity index is 281. The molecule has 0 spiro atoms. The van der Waals surface area contributed by atoms with Crippen molar-refractivity contribution >= 4 is 0 Å². The molecule has 0 heterocycles. The van der Waals surface area contributed by atoms with Gasteiger partial charge >= 0.3 is 0 Å². The molecule has 0 aromatic rings. The molecule has 0 saturated carbocycles. The van der Waals surface area contributed by atoms with Crippen LogP contribution in [0.15, 0.2) is 0 Å². The lowest BCUT2D eigenvalue weighted by atomic mass is 9.65. The Morgan fingerprint density at radius 2 is 1.63 bits per heavy atom. The molecule has 1 heteroatoms. The summed E-state index contributed by atoms with van der Waals surface area (Å²) < 4.78 is 0. The highest BCUT2D eigenvalue weighted by atomic mass is 14.4. The van der Waals surface area contributed by atoms with Crippen molar-refractivity contribution in [2.45, 2.75) is 87.0 Å². The van der Waals surface area contributed by atoms with Crippen LogP contribution in [0.4, 0.5) is 0 Å². The zero-order valence-corrected chi connectivity index (χ0v) is 14.3. The maximum absolute atomic E-state index is 9.49. The molecule has 0 aromatic heterocycles. The van der Waals surface area contributed by atoms with Crippen LogP contribution in [0.5, 0.6) is 0 Å². The molecule has 0 aliphatic heterocycles. The average Bonchev–Trinajstić information content (AvgIpc) is 2.35. The summed E-state index contributed by atoms with van der Waals surface area (Å²) in [5.74, 6) is 0.941. The lowest BCUT2D eigenvalue weighted by Gasteiger charge is -2.39. The summed E-state index contributed by atoms with van der Waals surface area (Å²) in [6.45, 7) is 16.0. The number of nitrogens with zero attached hydrogens (tertiary/aromatic N) is 1. The van der Waals surface area contributed by atoms with E-state index in [1.807, 2.05) is 0 Å². The predicted molar refractivity (Wildman–Crippen MR) is 84.9 cm³/mol. The molecule has 0 N–H and O–H groups in total. The van der Waals surface area contributed by atoms with Crippen LogP contribution >= 0.6 is 0 Å². The van der Waals surface area contributed by atoms with Crippen molar-refractivity contribution in [1.82, 2.24) is 0 Å². The third-order valence-electron chi connectivity index (χ3n) is 5.31. The van der Waals surface area contributed by atoms with Crippen molar-refractivity contribution in [3.63, 3.8) is 0 Å². The van der Waals surface area contributed by atoms with E-state index in [0.29, 0.717) is 11.3 Å². The normalized spacial score (nSPS) is 18.4. The van der Waals surface area contributed by atoms with Gasteiger partial charge < -0.3 is 0 Å². The minimum Gasteiger partial charge on any atom is -0.198 e. The van der Waals surface area contributed by atoms with Gasteiger partial charge in [0, 0.05) is 0 Å². The van der Waals surface area contributed by atoms with Crippen molar-refractivity contribution < 1.29 is 0 Å². The topological polar surface area (TPSA) is 23.8 Å². The van der Waals surface area contributed by atoms with Gasteiger partial charge in [0.05, 0.1) is 12.0 Å². The van der Waals surface area contributed by atoms with E-state index in [9.17, 15) is 5.26 Å². The Balaban J connectivity index is 4.92. The fraction of sp³-hybridized carbons (Fsp3) is 0.944. The van der Waals surface area contributed by atoms with Crippen molar-refractivity contribution in [3.8, 4) is 6.07 Å². The molecule has 0 bridgehead atoms. The smallest absolute Gasteiger partial charge is 0.0661 e. The van der Waals surface area contributed by atoms with Crippen LogP contribution in [-0.4, -0.2) is 0 Å². The number of nitriles is 1. The Labute approximate surface area is 121 Å². The minimum atomic E-state index is 0.226. The van der Waals surface area contributed by atoms with E-state index in [1.165, 1.54) is 25.7 Å². The quantitative estimate of drug-likeness (QED) is 0.513. The van der Waals surface area contributed by atoms with Crippen molar-refractivity contribution in [2.75, 3.05) is 0 Å². The molecule has 0 fully saturated rings. The zero-order valence-electron chi connectivity index (χ0n) is 14.3. The third-order valence-corrected chi connectivity index (χ3v) is 5.31. The van der Waals surface area contributed by atoms with E-state index in [0.717, 1.165) is 12.8 Å². The van der Waals surface area contributed by atoms with Crippen LogP contribution in [0.25, 0.3) is 0 Å². The van der Waals surface area contributed by atoms with Gasteiger partial charge in [-0.1, -0.05) is 54.9 Å². The lowest BCUT2D eigenvalue weighted by molar-refractivity contribution is 0.121. The van der Waals surface area contributed by atoms with Crippen LogP contribution in [0.1, 0.15) is 87.0 Å². The van der Waals surface area contributed by atoms with Gasteiger partial charge in [0.25, 0.3) is 0 Å². The Morgan fingerprint density at radius 3 is 1.95 bits per heavy atom. The molecule has 0 amide bonds. The van der Waals surface area contributed by atoms with Crippen LogP contribution in [0, 0.1) is 34.0 Å². The summed E-state index contributed by atoms with van der Waals surface area (Å²) in [4.78, 5) is 0. The van der Waals surface area contributed by atoms with Gasteiger partial charge in [-0.25, -0.2) is 0 Å². The maximum Gasteiger partial charge on any atom is 0.0661 e. The van der Waals surface area contributed by atoms with E-state index >= 15 is 0 Å². The summed E-state index contributed by atoms with van der Waals surface area (Å²) >= 11 is 0. The van der Waals surface area contributed by atoms with Gasteiger partial charge in [-0.2, -0.15) is 5.26 Å². The highest BCUT2D eigenvalue weighted by molar-refractivity contribution is 4.97. The molecule has 0 aliphatic rings. The largest absolute Gasteiger partial charge is 0.198 e. The molecule has 3 atom stereocenters. The first-order valence-corrected chi connectivity index (χ1v) is 8.17. The number of hydrogen-bond acceptors (Lipinski definition) is 1. The molecule has 0 saturated heterocycles. The van der Waals surface area contributed by atoms with Gasteiger partial charge in [-0.3, -0.25) is 0 Å². The van der Waals surface area contributed by atoms with Crippen LogP contribution in [0.3, 0.4) is 0 Å². The predicted octanol–water partition coefficient (Wildman–Crippen LogP) is 6.20. The zero-order chi connectivity index (χ0) is 15.1. The summed E-state index contributed by atoms with van der Waals surface area (Å²) in [5.41, 5.74) is 0.623. The molecule has 3 unspecified atom stereocenters. The van der Waals surface area contributed by atoms with Crippen LogP contribution in [0.2, 0.25) is 0 Å². The lowest BCUT2D eigenvalue weighted by Crippen LogP contribution is -2.31. The SMILES string of the molecule is CCCC(CC)(CCC(C)C(C)(C)C)C(C#N)CC. The second-order valence-corrected chi connectivity index (χ2v) is 7.36. The first kappa shape index (κ1) is 18.5. The fourth-order valence-corrected chi connectivity index (χ4v) is 3.17. The molecular formula is C18H35N. The summed E-state index contributed by atoms with van der Waals surface area (Å²) in [5, 5.41) is 9.49. The molecule has 0 radical (unpaired) electrons. The van der Waals surface area contributed by atoms with Crippen LogP contribution in [-0.2, 0) is 0 Å². The number of rotatable bonds is 8. The van der Waals surface area contributed by atoms with Gasteiger partial charge in [0.15, 0.2) is 0 Å². The maximum atomic E-state index is 9.49. The third kappa shape index (κ3) is 5.17. The fourth-order valence-electron chi connectivity index (χ4n) is 3.17. The van der Waals surface area contributed by atoms with E-state index in [2.05, 4.69) is 54.5 Å². The van der Waals surface area contributed by atoms with Crippen molar-refractivity contribution in [1.29, 1.82) is 5.26 Å². The highest BCUT2D eigenvalue weighted by Gasteiger charge is 2.36. The summed E-state index contributed by atoms with van der Waals surface area (Å²) in [6.07, 6.45) is 6.98. The number of hydrogen-bond donors (Lipinski definition) is 0. The van der Waals surface area contributed by atoms with E-state index in [-0.39, 0.29) is 11.3 Å². The molecule has 0 aromatic carbocycles. The second kappa shape index (κ2) is 7.93. The molecule has 0 aliphatic carbocycles. The van der Waals surface area contributed by atoms with Crippen molar-refractivity contribution in [3.05, 3.63) is 0 Å². The first-order chi connectivity index (χ1) is 8.77. The van der Waals surface area contributed by atoms with Gasteiger partial charge in [-0.05, 0) is 48.9 Å². The van der Waals surface area contributed by atoms with Crippen LogP contribution < -0.4 is 0 Å². The highest BCUT2D eigenvalue weighted by Crippen LogP contribution is 2.44.